The fourth-order valence-electron chi connectivity index (χ4n) is 2.00. The molecule has 6 heteroatoms. The lowest BCUT2D eigenvalue weighted by Gasteiger charge is -2.30. The van der Waals surface area contributed by atoms with Crippen molar-refractivity contribution in [2.45, 2.75) is 30.8 Å². The van der Waals surface area contributed by atoms with E-state index in [9.17, 15) is 15.3 Å². The average molecular weight is 293 g/mol. The molecule has 0 bridgehead atoms. The lowest BCUT2D eigenvalue weighted by Crippen LogP contribution is -2.46. The summed E-state index contributed by atoms with van der Waals surface area (Å²) >= 11 is 11.7. The highest BCUT2D eigenvalue weighted by molar-refractivity contribution is 6.42. The molecule has 4 atom stereocenters. The van der Waals surface area contributed by atoms with Gasteiger partial charge in [0.1, 0.15) is 23.9 Å². The Kier molecular flexibility index (Phi) is 3.88. The molecule has 1 heterocycles. The molecule has 0 spiro atoms. The van der Waals surface area contributed by atoms with E-state index in [1.165, 1.54) is 13.0 Å². The van der Waals surface area contributed by atoms with Gasteiger partial charge in [0, 0.05) is 0 Å². The van der Waals surface area contributed by atoms with Crippen LogP contribution in [0.4, 0.5) is 0 Å². The van der Waals surface area contributed by atoms with Crippen molar-refractivity contribution in [2.24, 2.45) is 0 Å². The average Bonchev–Trinajstić information content (AvgIpc) is 2.57. The van der Waals surface area contributed by atoms with Crippen molar-refractivity contribution in [3.05, 3.63) is 33.8 Å². The van der Waals surface area contributed by atoms with Crippen molar-refractivity contribution in [3.8, 4) is 0 Å². The molecule has 100 valence electrons. The van der Waals surface area contributed by atoms with Crippen LogP contribution in [0.3, 0.4) is 0 Å². The molecule has 0 radical (unpaired) electrons. The zero-order chi connectivity index (χ0) is 13.5. The van der Waals surface area contributed by atoms with Crippen molar-refractivity contribution in [2.75, 3.05) is 6.61 Å². The second-order valence-corrected chi connectivity index (χ2v) is 5.43. The molecule has 1 aromatic carbocycles. The van der Waals surface area contributed by atoms with Gasteiger partial charge in [-0.15, -0.1) is 0 Å². The van der Waals surface area contributed by atoms with E-state index in [1.807, 2.05) is 0 Å². The standard InChI is InChI=1S/C12H14Cl2O4/c1-12(17)9(15)5-18-11(12)10(16)6-2-3-7(13)8(14)4-6/h2-4,9-11,15-17H,5H2,1H3/t9-,10+,11+,12-/m0/s1. The van der Waals surface area contributed by atoms with Crippen LogP contribution in [0.25, 0.3) is 0 Å². The third kappa shape index (κ3) is 2.37. The van der Waals surface area contributed by atoms with E-state index in [2.05, 4.69) is 0 Å². The largest absolute Gasteiger partial charge is 0.388 e. The summed E-state index contributed by atoms with van der Waals surface area (Å²) in [5.74, 6) is 0. The molecule has 1 aromatic rings. The highest BCUT2D eigenvalue weighted by atomic mass is 35.5. The van der Waals surface area contributed by atoms with Crippen LogP contribution in [0.1, 0.15) is 18.6 Å². The normalized spacial score (nSPS) is 33.7. The number of aliphatic hydroxyl groups excluding tert-OH is 2. The van der Waals surface area contributed by atoms with Gasteiger partial charge in [0.15, 0.2) is 0 Å². The molecule has 0 aromatic heterocycles. The van der Waals surface area contributed by atoms with Crippen molar-refractivity contribution in [1.29, 1.82) is 0 Å². The van der Waals surface area contributed by atoms with Gasteiger partial charge in [0.05, 0.1) is 16.7 Å². The van der Waals surface area contributed by atoms with E-state index < -0.39 is 23.9 Å². The Hall–Kier alpha value is -0.360. The molecule has 0 amide bonds. The van der Waals surface area contributed by atoms with Gasteiger partial charge >= 0.3 is 0 Å². The summed E-state index contributed by atoms with van der Waals surface area (Å²) in [6.45, 7) is 1.41. The lowest BCUT2D eigenvalue weighted by atomic mass is 9.89. The van der Waals surface area contributed by atoms with Gasteiger partial charge in [-0.05, 0) is 24.6 Å². The van der Waals surface area contributed by atoms with Gasteiger partial charge in [-0.2, -0.15) is 0 Å². The summed E-state index contributed by atoms with van der Waals surface area (Å²) in [4.78, 5) is 0. The minimum atomic E-state index is -1.51. The first-order valence-electron chi connectivity index (χ1n) is 5.49. The molecule has 1 fully saturated rings. The lowest BCUT2D eigenvalue weighted by molar-refractivity contribution is -0.108. The van der Waals surface area contributed by atoms with Gasteiger partial charge < -0.3 is 20.1 Å². The maximum absolute atomic E-state index is 10.2. The number of benzene rings is 1. The van der Waals surface area contributed by atoms with Crippen molar-refractivity contribution >= 4 is 23.2 Å². The summed E-state index contributed by atoms with van der Waals surface area (Å²) in [7, 11) is 0. The molecule has 2 rings (SSSR count). The van der Waals surface area contributed by atoms with Gasteiger partial charge in [0.2, 0.25) is 0 Å². The Morgan fingerprint density at radius 1 is 1.39 bits per heavy atom. The second kappa shape index (κ2) is 4.96. The fourth-order valence-corrected chi connectivity index (χ4v) is 2.31. The van der Waals surface area contributed by atoms with Crippen LogP contribution in [0.2, 0.25) is 10.0 Å². The minimum absolute atomic E-state index is 0.0178. The predicted molar refractivity (Wildman–Crippen MR) is 67.8 cm³/mol. The smallest absolute Gasteiger partial charge is 0.119 e. The molecule has 3 N–H and O–H groups in total. The van der Waals surface area contributed by atoms with E-state index >= 15 is 0 Å². The third-order valence-electron chi connectivity index (χ3n) is 3.26. The first-order chi connectivity index (χ1) is 8.34. The topological polar surface area (TPSA) is 69.9 Å². The third-order valence-corrected chi connectivity index (χ3v) is 4.00. The summed E-state index contributed by atoms with van der Waals surface area (Å²) in [5, 5.41) is 30.6. The molecule has 0 unspecified atom stereocenters. The molecular formula is C12H14Cl2O4. The summed E-state index contributed by atoms with van der Waals surface area (Å²) in [6.07, 6.45) is -3.03. The van der Waals surface area contributed by atoms with E-state index in [-0.39, 0.29) is 6.61 Å². The fraction of sp³-hybridized carbons (Fsp3) is 0.500. The van der Waals surface area contributed by atoms with Crippen LogP contribution in [0.15, 0.2) is 18.2 Å². The highest BCUT2D eigenvalue weighted by Gasteiger charge is 2.49. The number of aliphatic hydroxyl groups is 3. The van der Waals surface area contributed by atoms with Crippen LogP contribution in [0, 0.1) is 0 Å². The monoisotopic (exact) mass is 292 g/mol. The van der Waals surface area contributed by atoms with Crippen LogP contribution in [0.5, 0.6) is 0 Å². The first kappa shape index (κ1) is 14.1. The Morgan fingerprint density at radius 3 is 2.56 bits per heavy atom. The SMILES string of the molecule is C[C@@]1(O)[C@@H]([C@H](O)c2ccc(Cl)c(Cl)c2)OC[C@@H]1O. The molecule has 0 aliphatic carbocycles. The van der Waals surface area contributed by atoms with E-state index in [1.54, 1.807) is 12.1 Å². The molecule has 4 nitrogen and oxygen atoms in total. The van der Waals surface area contributed by atoms with Crippen molar-refractivity contribution in [3.63, 3.8) is 0 Å². The van der Waals surface area contributed by atoms with E-state index in [4.69, 9.17) is 27.9 Å². The van der Waals surface area contributed by atoms with Crippen LogP contribution in [-0.2, 0) is 4.74 Å². The molecule has 0 saturated carbocycles. The number of ether oxygens (including phenoxy) is 1. The van der Waals surface area contributed by atoms with Crippen molar-refractivity contribution < 1.29 is 20.1 Å². The molecule has 1 aliphatic rings. The zero-order valence-corrected chi connectivity index (χ0v) is 11.2. The predicted octanol–water partition coefficient (Wildman–Crippen LogP) is 1.54. The van der Waals surface area contributed by atoms with Crippen LogP contribution in [-0.4, -0.2) is 39.7 Å². The Morgan fingerprint density at radius 2 is 2.06 bits per heavy atom. The zero-order valence-electron chi connectivity index (χ0n) is 9.68. The highest BCUT2D eigenvalue weighted by Crippen LogP contribution is 2.36. The van der Waals surface area contributed by atoms with Crippen LogP contribution >= 0.6 is 23.2 Å². The molecule has 18 heavy (non-hydrogen) atoms. The van der Waals surface area contributed by atoms with Gasteiger partial charge in [-0.3, -0.25) is 0 Å². The minimum Gasteiger partial charge on any atom is -0.388 e. The van der Waals surface area contributed by atoms with E-state index in [0.29, 0.717) is 15.6 Å². The summed E-state index contributed by atoms with van der Waals surface area (Å²) in [5.41, 5.74) is -1.03. The van der Waals surface area contributed by atoms with Gasteiger partial charge in [-0.1, -0.05) is 29.3 Å². The van der Waals surface area contributed by atoms with Crippen LogP contribution < -0.4 is 0 Å². The van der Waals surface area contributed by atoms with Crippen molar-refractivity contribution in [1.82, 2.24) is 0 Å². The Labute approximate surface area is 115 Å². The maximum Gasteiger partial charge on any atom is 0.119 e. The van der Waals surface area contributed by atoms with E-state index in [0.717, 1.165) is 0 Å². The molecule has 1 aliphatic heterocycles. The molecule has 1 saturated heterocycles. The summed E-state index contributed by atoms with van der Waals surface area (Å²) in [6, 6.07) is 4.67. The summed E-state index contributed by atoms with van der Waals surface area (Å²) < 4.78 is 5.24. The maximum atomic E-state index is 10.2. The van der Waals surface area contributed by atoms with Gasteiger partial charge in [0.25, 0.3) is 0 Å². The number of hydrogen-bond acceptors (Lipinski definition) is 4. The Balaban J connectivity index is 2.26. The number of hydrogen-bond donors (Lipinski definition) is 3. The second-order valence-electron chi connectivity index (χ2n) is 4.61. The quantitative estimate of drug-likeness (QED) is 0.773. The van der Waals surface area contributed by atoms with Gasteiger partial charge in [-0.25, -0.2) is 0 Å². The molecular weight excluding hydrogens is 279 g/mol. The Bertz CT molecular complexity index is 450. The number of halogens is 2. The number of rotatable bonds is 2. The first-order valence-corrected chi connectivity index (χ1v) is 6.24.